The SMILES string of the molecule is O=C(COC(=O)CC(c1ccccc1)c1ccccc1)NC1CCN(Cc2ccccc2)CC1. The summed E-state index contributed by atoms with van der Waals surface area (Å²) < 4.78 is 5.36. The van der Waals surface area contributed by atoms with Gasteiger partial charge < -0.3 is 10.1 Å². The molecule has 176 valence electrons. The first-order chi connectivity index (χ1) is 16.7. The number of likely N-dealkylation sites (tertiary alicyclic amines) is 1. The second kappa shape index (κ2) is 12.1. The number of ether oxygens (including phenoxy) is 1. The summed E-state index contributed by atoms with van der Waals surface area (Å²) in [4.78, 5) is 27.4. The van der Waals surface area contributed by atoms with E-state index in [4.69, 9.17) is 4.74 Å². The van der Waals surface area contributed by atoms with E-state index in [0.29, 0.717) is 0 Å². The van der Waals surface area contributed by atoms with Crippen molar-refractivity contribution in [1.82, 2.24) is 10.2 Å². The van der Waals surface area contributed by atoms with E-state index in [-0.39, 0.29) is 36.9 Å². The maximum atomic E-state index is 12.6. The van der Waals surface area contributed by atoms with Crippen LogP contribution in [0.2, 0.25) is 0 Å². The first-order valence-electron chi connectivity index (χ1n) is 12.0. The monoisotopic (exact) mass is 456 g/mol. The number of nitrogens with one attached hydrogen (secondary N) is 1. The Labute approximate surface area is 201 Å². The fourth-order valence-corrected chi connectivity index (χ4v) is 4.52. The highest BCUT2D eigenvalue weighted by atomic mass is 16.5. The molecule has 1 N–H and O–H groups in total. The molecular formula is C29H32N2O3. The Morgan fingerprint density at radius 1 is 0.824 bits per heavy atom. The molecule has 0 unspecified atom stereocenters. The summed E-state index contributed by atoms with van der Waals surface area (Å²) in [5.74, 6) is -0.705. The molecule has 0 spiro atoms. The van der Waals surface area contributed by atoms with Crippen molar-refractivity contribution in [3.63, 3.8) is 0 Å². The molecule has 1 heterocycles. The van der Waals surface area contributed by atoms with E-state index in [1.54, 1.807) is 0 Å². The van der Waals surface area contributed by atoms with Crippen LogP contribution in [0.1, 0.15) is 41.9 Å². The van der Waals surface area contributed by atoms with Crippen LogP contribution >= 0.6 is 0 Å². The van der Waals surface area contributed by atoms with Gasteiger partial charge in [0.2, 0.25) is 0 Å². The molecule has 3 aromatic carbocycles. The lowest BCUT2D eigenvalue weighted by atomic mass is 9.89. The maximum Gasteiger partial charge on any atom is 0.307 e. The number of hydrogen-bond acceptors (Lipinski definition) is 4. The Bertz CT molecular complexity index is 993. The molecule has 34 heavy (non-hydrogen) atoms. The van der Waals surface area contributed by atoms with Gasteiger partial charge in [-0.15, -0.1) is 0 Å². The summed E-state index contributed by atoms with van der Waals surface area (Å²) in [6.07, 6.45) is 1.99. The maximum absolute atomic E-state index is 12.6. The lowest BCUT2D eigenvalue weighted by Gasteiger charge is -2.32. The summed E-state index contributed by atoms with van der Waals surface area (Å²) in [7, 11) is 0. The third-order valence-corrected chi connectivity index (χ3v) is 6.34. The zero-order chi connectivity index (χ0) is 23.6. The van der Waals surface area contributed by atoms with E-state index in [1.807, 2.05) is 66.7 Å². The minimum absolute atomic E-state index is 0.105. The molecule has 1 saturated heterocycles. The van der Waals surface area contributed by atoms with Crippen molar-refractivity contribution in [2.45, 2.75) is 37.8 Å². The highest BCUT2D eigenvalue weighted by Gasteiger charge is 2.22. The van der Waals surface area contributed by atoms with Gasteiger partial charge in [-0.2, -0.15) is 0 Å². The summed E-state index contributed by atoms with van der Waals surface area (Å²) >= 11 is 0. The van der Waals surface area contributed by atoms with Gasteiger partial charge in [0.05, 0.1) is 6.42 Å². The summed E-state index contributed by atoms with van der Waals surface area (Å²) in [5.41, 5.74) is 3.41. The summed E-state index contributed by atoms with van der Waals surface area (Å²) in [6.45, 7) is 2.58. The number of rotatable bonds is 9. The molecule has 0 saturated carbocycles. The minimum Gasteiger partial charge on any atom is -0.456 e. The van der Waals surface area contributed by atoms with Gasteiger partial charge in [0.25, 0.3) is 5.91 Å². The highest BCUT2D eigenvalue weighted by Crippen LogP contribution is 2.28. The molecule has 4 rings (SSSR count). The minimum atomic E-state index is -0.370. The van der Waals surface area contributed by atoms with Crippen molar-refractivity contribution in [3.05, 3.63) is 108 Å². The Balaban J connectivity index is 1.22. The van der Waals surface area contributed by atoms with Crippen molar-refractivity contribution in [1.29, 1.82) is 0 Å². The molecule has 5 heteroatoms. The van der Waals surface area contributed by atoms with Gasteiger partial charge in [0.15, 0.2) is 6.61 Å². The fourth-order valence-electron chi connectivity index (χ4n) is 4.52. The van der Waals surface area contributed by atoms with Crippen LogP contribution in [0, 0.1) is 0 Å². The fraction of sp³-hybridized carbons (Fsp3) is 0.310. The molecule has 1 aliphatic heterocycles. The number of carbonyl (C=O) groups is 2. The van der Waals surface area contributed by atoms with E-state index in [1.165, 1.54) is 5.56 Å². The van der Waals surface area contributed by atoms with Crippen LogP contribution < -0.4 is 5.32 Å². The summed E-state index contributed by atoms with van der Waals surface area (Å²) in [5, 5.41) is 3.03. The van der Waals surface area contributed by atoms with E-state index in [2.05, 4.69) is 34.5 Å². The first kappa shape index (κ1) is 23.7. The normalized spacial score (nSPS) is 14.6. The zero-order valence-electron chi connectivity index (χ0n) is 19.4. The predicted octanol–water partition coefficient (Wildman–Crippen LogP) is 4.53. The van der Waals surface area contributed by atoms with Crippen molar-refractivity contribution in [2.75, 3.05) is 19.7 Å². The smallest absolute Gasteiger partial charge is 0.307 e. The molecule has 5 nitrogen and oxygen atoms in total. The second-order valence-electron chi connectivity index (χ2n) is 8.84. The summed E-state index contributed by atoms with van der Waals surface area (Å²) in [6, 6.07) is 30.4. The molecule has 0 atom stereocenters. The molecule has 0 radical (unpaired) electrons. The van der Waals surface area contributed by atoms with Crippen LogP contribution in [0.15, 0.2) is 91.0 Å². The third-order valence-electron chi connectivity index (χ3n) is 6.34. The van der Waals surface area contributed by atoms with Crippen LogP contribution in [0.4, 0.5) is 0 Å². The molecule has 1 fully saturated rings. The Morgan fingerprint density at radius 3 is 1.91 bits per heavy atom. The Hall–Kier alpha value is -3.44. The molecule has 0 aromatic heterocycles. The van der Waals surface area contributed by atoms with Crippen LogP contribution in [-0.2, 0) is 20.9 Å². The second-order valence-corrected chi connectivity index (χ2v) is 8.84. The largest absolute Gasteiger partial charge is 0.456 e. The molecule has 1 aliphatic rings. The Kier molecular flexibility index (Phi) is 8.47. The number of nitrogens with zero attached hydrogens (tertiary/aromatic N) is 1. The average molecular weight is 457 g/mol. The van der Waals surface area contributed by atoms with Crippen molar-refractivity contribution in [3.8, 4) is 0 Å². The number of amides is 1. The highest BCUT2D eigenvalue weighted by molar-refractivity contribution is 5.81. The lowest BCUT2D eigenvalue weighted by molar-refractivity contribution is -0.149. The molecule has 3 aromatic rings. The number of carbonyl (C=O) groups excluding carboxylic acids is 2. The van der Waals surface area contributed by atoms with E-state index >= 15 is 0 Å². The first-order valence-corrected chi connectivity index (χ1v) is 12.0. The standard InChI is InChI=1S/C29H32N2O3/c32-28(30-26-16-18-31(19-17-26)21-23-10-4-1-5-11-23)22-34-29(33)20-27(24-12-6-2-7-13-24)25-14-8-3-9-15-25/h1-15,26-27H,16-22H2,(H,30,32). The van der Waals surface area contributed by atoms with Crippen LogP contribution in [-0.4, -0.2) is 42.5 Å². The zero-order valence-corrected chi connectivity index (χ0v) is 19.4. The lowest BCUT2D eigenvalue weighted by Crippen LogP contribution is -2.45. The van der Waals surface area contributed by atoms with Crippen molar-refractivity contribution >= 4 is 11.9 Å². The molecule has 0 bridgehead atoms. The number of piperidine rings is 1. The molecular weight excluding hydrogens is 424 g/mol. The topological polar surface area (TPSA) is 58.6 Å². The average Bonchev–Trinajstić information content (AvgIpc) is 2.89. The van der Waals surface area contributed by atoms with E-state index in [9.17, 15) is 9.59 Å². The van der Waals surface area contributed by atoms with Crippen molar-refractivity contribution in [2.24, 2.45) is 0 Å². The van der Waals surface area contributed by atoms with Gasteiger partial charge in [0, 0.05) is 31.6 Å². The van der Waals surface area contributed by atoms with Gasteiger partial charge in [-0.3, -0.25) is 14.5 Å². The number of hydrogen-bond donors (Lipinski definition) is 1. The number of esters is 1. The van der Waals surface area contributed by atoms with Gasteiger partial charge >= 0.3 is 5.97 Å². The third kappa shape index (κ3) is 7.03. The van der Waals surface area contributed by atoms with Gasteiger partial charge in [-0.05, 0) is 29.5 Å². The van der Waals surface area contributed by atoms with Crippen molar-refractivity contribution < 1.29 is 14.3 Å². The molecule has 0 aliphatic carbocycles. The van der Waals surface area contributed by atoms with Gasteiger partial charge in [0.1, 0.15) is 0 Å². The number of benzene rings is 3. The van der Waals surface area contributed by atoms with Crippen LogP contribution in [0.25, 0.3) is 0 Å². The van der Waals surface area contributed by atoms with E-state index in [0.717, 1.165) is 43.6 Å². The van der Waals surface area contributed by atoms with Gasteiger partial charge in [-0.25, -0.2) is 0 Å². The Morgan fingerprint density at radius 2 is 1.35 bits per heavy atom. The van der Waals surface area contributed by atoms with Crippen LogP contribution in [0.3, 0.4) is 0 Å². The predicted molar refractivity (Wildman–Crippen MR) is 133 cm³/mol. The molecule has 1 amide bonds. The van der Waals surface area contributed by atoms with E-state index < -0.39 is 0 Å². The quantitative estimate of drug-likeness (QED) is 0.481. The van der Waals surface area contributed by atoms with Gasteiger partial charge in [-0.1, -0.05) is 91.0 Å². The van der Waals surface area contributed by atoms with Crippen LogP contribution in [0.5, 0.6) is 0 Å².